The van der Waals surface area contributed by atoms with Gasteiger partial charge in [-0.15, -0.1) is 0 Å². The lowest BCUT2D eigenvalue weighted by atomic mass is 10.1. The lowest BCUT2D eigenvalue weighted by molar-refractivity contribution is -0.126. The number of nitrogens with one attached hydrogen (secondary N) is 2. The van der Waals surface area contributed by atoms with Crippen LogP contribution in [-0.2, 0) is 14.4 Å². The fraction of sp³-hybridized carbons (Fsp3) is 0.211. The molecule has 0 atom stereocenters. The summed E-state index contributed by atoms with van der Waals surface area (Å²) in [6.45, 7) is 3.84. The number of benzene rings is 2. The Balaban J connectivity index is 2.15. The number of hydrogen-bond donors (Lipinski definition) is 2. The van der Waals surface area contributed by atoms with Crippen molar-refractivity contribution in [1.82, 2.24) is 0 Å². The molecule has 0 heterocycles. The zero-order valence-electron chi connectivity index (χ0n) is 14.4. The molecule has 0 fully saturated rings. The summed E-state index contributed by atoms with van der Waals surface area (Å²) in [5.74, 6) is -2.10. The van der Waals surface area contributed by atoms with E-state index in [-0.39, 0.29) is 0 Å². The molecule has 0 aliphatic rings. The van der Waals surface area contributed by atoms with Gasteiger partial charge in [0.25, 0.3) is 0 Å². The summed E-state index contributed by atoms with van der Waals surface area (Å²) in [6.07, 6.45) is 1.18. The fourth-order valence-electron chi connectivity index (χ4n) is 2.26. The van der Waals surface area contributed by atoms with Crippen LogP contribution in [0, 0.1) is 19.8 Å². The molecule has 2 rings (SSSR count). The minimum Gasteiger partial charge on any atom is -0.399 e. The Kier molecular flexibility index (Phi) is 6.28. The second kappa shape index (κ2) is 8.63. The second-order valence-corrected chi connectivity index (χ2v) is 5.63. The molecule has 0 bridgehead atoms. The van der Waals surface area contributed by atoms with Crippen LogP contribution >= 0.6 is 0 Å². The van der Waals surface area contributed by atoms with Gasteiger partial charge in [-0.25, -0.2) is 0 Å². The molecule has 0 aromatic heterocycles. The molecule has 2 aromatic carbocycles. The highest BCUT2D eigenvalue weighted by Crippen LogP contribution is 2.14. The summed E-state index contributed by atoms with van der Waals surface area (Å²) < 4.78 is 0. The van der Waals surface area contributed by atoms with Crippen molar-refractivity contribution < 1.29 is 14.4 Å². The topological polar surface area (TPSA) is 79.8 Å². The third-order valence-electron chi connectivity index (χ3n) is 3.45. The monoisotopic (exact) mass is 339 g/mol. The van der Waals surface area contributed by atoms with Crippen molar-refractivity contribution in [1.29, 1.82) is 0 Å². The van der Waals surface area contributed by atoms with E-state index in [9.17, 15) is 9.59 Å². The molecule has 0 aliphatic carbocycles. The molecule has 2 N–H and O–H groups in total. The molecule has 6 nitrogen and oxygen atoms in total. The van der Waals surface area contributed by atoms with Crippen molar-refractivity contribution in [2.75, 3.05) is 17.7 Å². The van der Waals surface area contributed by atoms with Gasteiger partial charge in [-0.3, -0.25) is 9.59 Å². The molecule has 130 valence electrons. The molecule has 0 radical (unpaired) electrons. The first-order valence-corrected chi connectivity index (χ1v) is 7.81. The van der Waals surface area contributed by atoms with Gasteiger partial charge in [0.1, 0.15) is 7.11 Å². The van der Waals surface area contributed by atoms with Crippen LogP contribution in [-0.4, -0.2) is 25.1 Å². The molecule has 0 saturated carbocycles. The van der Waals surface area contributed by atoms with E-state index in [1.54, 1.807) is 12.1 Å². The maximum atomic E-state index is 12.5. The minimum absolute atomic E-state index is 0.489. The van der Waals surface area contributed by atoms with Gasteiger partial charge in [0.15, 0.2) is 5.92 Å². The highest BCUT2D eigenvalue weighted by atomic mass is 16.6. The number of anilines is 2. The predicted octanol–water partition coefficient (Wildman–Crippen LogP) is 3.13. The number of rotatable bonds is 6. The number of aryl methyl sites for hydroxylation is 2. The maximum absolute atomic E-state index is 12.5. The van der Waals surface area contributed by atoms with Crippen LogP contribution in [0.15, 0.2) is 53.7 Å². The summed E-state index contributed by atoms with van der Waals surface area (Å²) in [7, 11) is 1.35. The van der Waals surface area contributed by atoms with E-state index in [0.717, 1.165) is 11.1 Å². The quantitative estimate of drug-likeness (QED) is 0.482. The number of amides is 2. The maximum Gasteiger partial charge on any atom is 0.242 e. The Morgan fingerprint density at radius 3 is 1.84 bits per heavy atom. The minimum atomic E-state index is -1.12. The SMILES string of the molecule is CO/N=C\C(C(=O)Nc1cccc(C)c1)C(=O)Nc1cccc(C)c1. The highest BCUT2D eigenvalue weighted by molar-refractivity contribution is 6.20. The van der Waals surface area contributed by atoms with Crippen LogP contribution in [0.3, 0.4) is 0 Å². The van der Waals surface area contributed by atoms with Gasteiger partial charge < -0.3 is 15.5 Å². The largest absolute Gasteiger partial charge is 0.399 e. The molecule has 6 heteroatoms. The van der Waals surface area contributed by atoms with E-state index in [0.29, 0.717) is 11.4 Å². The summed E-state index contributed by atoms with van der Waals surface area (Å²) in [5.41, 5.74) is 3.24. The third-order valence-corrected chi connectivity index (χ3v) is 3.45. The highest BCUT2D eigenvalue weighted by Gasteiger charge is 2.25. The molecule has 2 aromatic rings. The summed E-state index contributed by atoms with van der Waals surface area (Å²) in [4.78, 5) is 29.6. The first-order chi connectivity index (χ1) is 12.0. The van der Waals surface area contributed by atoms with E-state index in [2.05, 4.69) is 20.6 Å². The average Bonchev–Trinajstić information content (AvgIpc) is 2.55. The van der Waals surface area contributed by atoms with Crippen molar-refractivity contribution in [2.24, 2.45) is 11.1 Å². The predicted molar refractivity (Wildman–Crippen MR) is 98.6 cm³/mol. The number of carbonyl (C=O) groups excluding carboxylic acids is 2. The second-order valence-electron chi connectivity index (χ2n) is 5.63. The van der Waals surface area contributed by atoms with Crippen molar-refractivity contribution in [3.63, 3.8) is 0 Å². The fourth-order valence-corrected chi connectivity index (χ4v) is 2.26. The number of oxime groups is 1. The Morgan fingerprint density at radius 2 is 1.44 bits per heavy atom. The van der Waals surface area contributed by atoms with Crippen LogP contribution in [0.5, 0.6) is 0 Å². The van der Waals surface area contributed by atoms with Crippen molar-refractivity contribution >= 4 is 29.4 Å². The van der Waals surface area contributed by atoms with E-state index in [4.69, 9.17) is 0 Å². The van der Waals surface area contributed by atoms with Crippen molar-refractivity contribution in [2.45, 2.75) is 13.8 Å². The van der Waals surface area contributed by atoms with Crippen molar-refractivity contribution in [3.05, 3.63) is 59.7 Å². The standard InChI is InChI=1S/C19H21N3O3/c1-13-6-4-8-15(10-13)21-18(23)17(12-20-25-3)19(24)22-16-9-5-7-14(2)11-16/h4-12,17H,1-3H3,(H,21,23)(H,22,24)/b20-12-. The average molecular weight is 339 g/mol. The lowest BCUT2D eigenvalue weighted by Crippen LogP contribution is -2.35. The summed E-state index contributed by atoms with van der Waals surface area (Å²) >= 11 is 0. The van der Waals surface area contributed by atoms with E-state index in [1.165, 1.54) is 13.3 Å². The molecule has 0 spiro atoms. The molecule has 0 unspecified atom stereocenters. The summed E-state index contributed by atoms with van der Waals surface area (Å²) in [5, 5.41) is 9.03. The number of hydrogen-bond acceptors (Lipinski definition) is 4. The zero-order valence-corrected chi connectivity index (χ0v) is 14.4. The molecule has 0 aliphatic heterocycles. The van der Waals surface area contributed by atoms with Gasteiger partial charge in [-0.2, -0.15) is 0 Å². The van der Waals surface area contributed by atoms with Gasteiger partial charge in [0.05, 0.1) is 6.21 Å². The third kappa shape index (κ3) is 5.46. The Bertz CT molecular complexity index is 727. The number of carbonyl (C=O) groups is 2. The van der Waals surface area contributed by atoms with Crippen molar-refractivity contribution in [3.8, 4) is 0 Å². The van der Waals surface area contributed by atoms with Crippen LogP contribution in [0.2, 0.25) is 0 Å². The Labute approximate surface area is 146 Å². The Hall–Kier alpha value is -3.15. The Morgan fingerprint density at radius 1 is 0.960 bits per heavy atom. The van der Waals surface area contributed by atoms with Crippen LogP contribution in [0.25, 0.3) is 0 Å². The smallest absolute Gasteiger partial charge is 0.242 e. The van der Waals surface area contributed by atoms with Crippen LogP contribution in [0.4, 0.5) is 11.4 Å². The van der Waals surface area contributed by atoms with Gasteiger partial charge in [-0.1, -0.05) is 29.4 Å². The lowest BCUT2D eigenvalue weighted by Gasteiger charge is -2.13. The van der Waals surface area contributed by atoms with Gasteiger partial charge in [0, 0.05) is 11.4 Å². The number of nitrogens with zero attached hydrogens (tertiary/aromatic N) is 1. The molecule has 25 heavy (non-hydrogen) atoms. The van der Waals surface area contributed by atoms with Gasteiger partial charge in [-0.05, 0) is 49.2 Å². The van der Waals surface area contributed by atoms with Crippen LogP contribution < -0.4 is 10.6 Å². The zero-order chi connectivity index (χ0) is 18.2. The van der Waals surface area contributed by atoms with E-state index in [1.807, 2.05) is 50.2 Å². The van der Waals surface area contributed by atoms with E-state index < -0.39 is 17.7 Å². The molecular weight excluding hydrogens is 318 g/mol. The van der Waals surface area contributed by atoms with Gasteiger partial charge in [0.2, 0.25) is 11.8 Å². The normalized spacial score (nSPS) is 10.7. The van der Waals surface area contributed by atoms with Crippen LogP contribution in [0.1, 0.15) is 11.1 Å². The van der Waals surface area contributed by atoms with Gasteiger partial charge >= 0.3 is 0 Å². The first-order valence-electron chi connectivity index (χ1n) is 7.81. The van der Waals surface area contributed by atoms with E-state index >= 15 is 0 Å². The molecular formula is C19H21N3O3. The summed E-state index contributed by atoms with van der Waals surface area (Å²) in [6, 6.07) is 14.7. The first kappa shape index (κ1) is 18.2. The molecule has 2 amide bonds. The molecule has 0 saturated heterocycles.